The van der Waals surface area contributed by atoms with Crippen LogP contribution in [0.4, 0.5) is 0 Å². The van der Waals surface area contributed by atoms with E-state index in [0.717, 1.165) is 32.2 Å². The van der Waals surface area contributed by atoms with Gasteiger partial charge in [0.25, 0.3) is 0 Å². The third-order valence-electron chi connectivity index (χ3n) is 2.74. The first-order chi connectivity index (χ1) is 6.75. The standard InChI is InChI=1S/C10H13ClN2O/c11-9-6-12-13(7-9)5-4-8-2-1-3-10(8)14/h6-8H,1-5H2. The fourth-order valence-electron chi connectivity index (χ4n) is 1.94. The molecular formula is C10H13ClN2O. The van der Waals surface area contributed by atoms with E-state index in [9.17, 15) is 4.79 Å². The van der Waals surface area contributed by atoms with Crippen LogP contribution in [-0.4, -0.2) is 15.6 Å². The maximum absolute atomic E-state index is 11.3. The first-order valence-electron chi connectivity index (χ1n) is 4.96. The topological polar surface area (TPSA) is 34.9 Å². The minimum Gasteiger partial charge on any atom is -0.299 e. The summed E-state index contributed by atoms with van der Waals surface area (Å²) in [6, 6.07) is 0. The van der Waals surface area contributed by atoms with E-state index in [1.165, 1.54) is 0 Å². The predicted molar refractivity (Wildman–Crippen MR) is 54.2 cm³/mol. The van der Waals surface area contributed by atoms with Crippen molar-refractivity contribution in [3.8, 4) is 0 Å². The molecule has 0 radical (unpaired) electrons. The maximum Gasteiger partial charge on any atom is 0.136 e. The third-order valence-corrected chi connectivity index (χ3v) is 2.93. The lowest BCUT2D eigenvalue weighted by molar-refractivity contribution is -0.120. The zero-order chi connectivity index (χ0) is 9.97. The summed E-state index contributed by atoms with van der Waals surface area (Å²) in [6.45, 7) is 0.795. The molecule has 1 aliphatic rings. The molecule has 1 heterocycles. The number of aryl methyl sites for hydroxylation is 1. The summed E-state index contributed by atoms with van der Waals surface area (Å²) >= 11 is 5.73. The molecule has 14 heavy (non-hydrogen) atoms. The second kappa shape index (κ2) is 4.13. The molecule has 1 fully saturated rings. The summed E-state index contributed by atoms with van der Waals surface area (Å²) in [5, 5.41) is 4.73. The van der Waals surface area contributed by atoms with Gasteiger partial charge in [-0.05, 0) is 19.3 Å². The van der Waals surface area contributed by atoms with Crippen LogP contribution < -0.4 is 0 Å². The average Bonchev–Trinajstić information content (AvgIpc) is 2.72. The van der Waals surface area contributed by atoms with Gasteiger partial charge < -0.3 is 0 Å². The van der Waals surface area contributed by atoms with Gasteiger partial charge in [-0.1, -0.05) is 11.6 Å². The van der Waals surface area contributed by atoms with Crippen LogP contribution in [0.15, 0.2) is 12.4 Å². The van der Waals surface area contributed by atoms with Crippen molar-refractivity contribution in [2.45, 2.75) is 32.2 Å². The molecule has 0 bridgehead atoms. The number of aromatic nitrogens is 2. The molecule has 1 aliphatic carbocycles. The number of hydrogen-bond donors (Lipinski definition) is 0. The number of ketones is 1. The lowest BCUT2D eigenvalue weighted by Crippen LogP contribution is -2.10. The van der Waals surface area contributed by atoms with Gasteiger partial charge in [0.1, 0.15) is 5.78 Å². The summed E-state index contributed by atoms with van der Waals surface area (Å²) in [5.41, 5.74) is 0. The molecule has 1 saturated carbocycles. The second-order valence-corrected chi connectivity index (χ2v) is 4.20. The van der Waals surface area contributed by atoms with Gasteiger partial charge in [0, 0.05) is 25.1 Å². The van der Waals surface area contributed by atoms with Gasteiger partial charge in [-0.15, -0.1) is 0 Å². The molecule has 1 unspecified atom stereocenters. The fraction of sp³-hybridized carbons (Fsp3) is 0.600. The molecule has 0 N–H and O–H groups in total. The lowest BCUT2D eigenvalue weighted by Gasteiger charge is -2.06. The van der Waals surface area contributed by atoms with E-state index in [2.05, 4.69) is 5.10 Å². The van der Waals surface area contributed by atoms with Crippen LogP contribution in [-0.2, 0) is 11.3 Å². The zero-order valence-corrected chi connectivity index (χ0v) is 8.70. The van der Waals surface area contributed by atoms with Crippen molar-refractivity contribution in [1.29, 1.82) is 0 Å². The minimum atomic E-state index is 0.262. The van der Waals surface area contributed by atoms with Crippen LogP contribution in [0.2, 0.25) is 5.02 Å². The number of carbonyl (C=O) groups is 1. The highest BCUT2D eigenvalue weighted by molar-refractivity contribution is 6.30. The molecule has 1 atom stereocenters. The van der Waals surface area contributed by atoms with Crippen molar-refractivity contribution in [3.63, 3.8) is 0 Å². The molecule has 1 aromatic heterocycles. The number of halogens is 1. The van der Waals surface area contributed by atoms with Crippen LogP contribution in [0.25, 0.3) is 0 Å². The van der Waals surface area contributed by atoms with E-state index in [0.29, 0.717) is 10.8 Å². The second-order valence-electron chi connectivity index (χ2n) is 3.77. The molecule has 0 spiro atoms. The van der Waals surface area contributed by atoms with E-state index in [4.69, 9.17) is 11.6 Å². The fourth-order valence-corrected chi connectivity index (χ4v) is 2.10. The Bertz CT molecular complexity index is 335. The van der Waals surface area contributed by atoms with Crippen LogP contribution in [0.3, 0.4) is 0 Å². The van der Waals surface area contributed by atoms with Gasteiger partial charge in [0.15, 0.2) is 0 Å². The molecule has 3 nitrogen and oxygen atoms in total. The zero-order valence-electron chi connectivity index (χ0n) is 7.95. The molecular weight excluding hydrogens is 200 g/mol. The molecule has 0 amide bonds. The Labute approximate surface area is 88.1 Å². The van der Waals surface area contributed by atoms with E-state index in [1.807, 2.05) is 0 Å². The summed E-state index contributed by atoms with van der Waals surface area (Å²) in [4.78, 5) is 11.3. The first-order valence-corrected chi connectivity index (χ1v) is 5.34. The van der Waals surface area contributed by atoms with Crippen molar-refractivity contribution in [3.05, 3.63) is 17.4 Å². The summed E-state index contributed by atoms with van der Waals surface area (Å²) in [5.74, 6) is 0.682. The Hall–Kier alpha value is -0.830. The van der Waals surface area contributed by atoms with Crippen LogP contribution in [0, 0.1) is 5.92 Å². The molecule has 76 valence electrons. The van der Waals surface area contributed by atoms with E-state index in [-0.39, 0.29) is 5.92 Å². The Morgan fingerprint density at radius 1 is 1.64 bits per heavy atom. The highest BCUT2D eigenvalue weighted by Gasteiger charge is 2.23. The minimum absolute atomic E-state index is 0.262. The van der Waals surface area contributed by atoms with Gasteiger partial charge in [-0.3, -0.25) is 9.48 Å². The number of Topliss-reactive ketones (excluding diaryl/α,β-unsaturated/α-hetero) is 1. The monoisotopic (exact) mass is 212 g/mol. The maximum atomic E-state index is 11.3. The van der Waals surface area contributed by atoms with Gasteiger partial charge in [0.05, 0.1) is 11.2 Å². The normalized spacial score (nSPS) is 21.8. The lowest BCUT2D eigenvalue weighted by atomic mass is 10.0. The van der Waals surface area contributed by atoms with Crippen molar-refractivity contribution in [2.24, 2.45) is 5.92 Å². The third kappa shape index (κ3) is 2.15. The molecule has 0 saturated heterocycles. The van der Waals surface area contributed by atoms with Gasteiger partial charge >= 0.3 is 0 Å². The quantitative estimate of drug-likeness (QED) is 0.771. The van der Waals surface area contributed by atoms with E-state index >= 15 is 0 Å². The molecule has 0 aromatic carbocycles. The van der Waals surface area contributed by atoms with Gasteiger partial charge in [-0.25, -0.2) is 0 Å². The largest absolute Gasteiger partial charge is 0.299 e. The SMILES string of the molecule is O=C1CCCC1CCn1cc(Cl)cn1. The van der Waals surface area contributed by atoms with Crippen molar-refractivity contribution in [1.82, 2.24) is 9.78 Å². The Morgan fingerprint density at radius 2 is 2.50 bits per heavy atom. The van der Waals surface area contributed by atoms with Crippen LogP contribution in [0.1, 0.15) is 25.7 Å². The predicted octanol–water partition coefficient (Wildman–Crippen LogP) is 2.30. The molecule has 4 heteroatoms. The summed E-state index contributed by atoms with van der Waals surface area (Å²) < 4.78 is 1.80. The van der Waals surface area contributed by atoms with Crippen molar-refractivity contribution >= 4 is 17.4 Å². The van der Waals surface area contributed by atoms with Gasteiger partial charge in [-0.2, -0.15) is 5.10 Å². The number of nitrogens with zero attached hydrogens (tertiary/aromatic N) is 2. The average molecular weight is 213 g/mol. The van der Waals surface area contributed by atoms with Crippen molar-refractivity contribution in [2.75, 3.05) is 0 Å². The number of hydrogen-bond acceptors (Lipinski definition) is 2. The van der Waals surface area contributed by atoms with Gasteiger partial charge in [0.2, 0.25) is 0 Å². The smallest absolute Gasteiger partial charge is 0.136 e. The Kier molecular flexibility index (Phi) is 2.87. The highest BCUT2D eigenvalue weighted by atomic mass is 35.5. The molecule has 0 aliphatic heterocycles. The summed E-state index contributed by atoms with van der Waals surface area (Å²) in [7, 11) is 0. The number of rotatable bonds is 3. The Balaban J connectivity index is 1.85. The first kappa shape index (κ1) is 9.71. The Morgan fingerprint density at radius 3 is 3.07 bits per heavy atom. The van der Waals surface area contributed by atoms with E-state index < -0.39 is 0 Å². The van der Waals surface area contributed by atoms with Crippen LogP contribution >= 0.6 is 11.6 Å². The van der Waals surface area contributed by atoms with Crippen molar-refractivity contribution < 1.29 is 4.79 Å². The molecule has 1 aromatic rings. The van der Waals surface area contributed by atoms with Crippen LogP contribution in [0.5, 0.6) is 0 Å². The highest BCUT2D eigenvalue weighted by Crippen LogP contribution is 2.24. The summed E-state index contributed by atoms with van der Waals surface area (Å²) in [6.07, 6.45) is 7.19. The van der Waals surface area contributed by atoms with E-state index in [1.54, 1.807) is 17.1 Å². The molecule has 2 rings (SSSR count). The number of carbonyl (C=O) groups excluding carboxylic acids is 1.